The minimum absolute atomic E-state index is 0.918. The van der Waals surface area contributed by atoms with E-state index in [0.717, 1.165) is 6.04 Å². The van der Waals surface area contributed by atoms with Crippen molar-refractivity contribution in [1.82, 2.24) is 4.90 Å². The van der Waals surface area contributed by atoms with Crippen molar-refractivity contribution in [3.05, 3.63) is 0 Å². The van der Waals surface area contributed by atoms with Gasteiger partial charge in [-0.25, -0.2) is 0 Å². The van der Waals surface area contributed by atoms with Gasteiger partial charge in [-0.1, -0.05) is 32.6 Å². The number of nitrogens with zero attached hydrogens (tertiary/aromatic N) is 1. The van der Waals surface area contributed by atoms with E-state index in [1.54, 1.807) is 0 Å². The summed E-state index contributed by atoms with van der Waals surface area (Å²) in [5, 5.41) is 0. The summed E-state index contributed by atoms with van der Waals surface area (Å²) < 4.78 is 39.0. The van der Waals surface area contributed by atoms with Crippen molar-refractivity contribution in [2.45, 2.75) is 57.9 Å². The summed E-state index contributed by atoms with van der Waals surface area (Å²) in [6.45, 7) is 3.61. The minimum Gasteiger partial charge on any atom is -0.418 e. The van der Waals surface area contributed by atoms with Gasteiger partial charge in [-0.2, -0.15) is 0 Å². The van der Waals surface area contributed by atoms with Gasteiger partial charge in [0, 0.05) is 6.04 Å². The van der Waals surface area contributed by atoms with E-state index in [4.69, 9.17) is 0 Å². The zero-order valence-electron chi connectivity index (χ0n) is 10.8. The third kappa shape index (κ3) is 12.0. The van der Waals surface area contributed by atoms with E-state index < -0.39 is 7.25 Å². The Morgan fingerprint density at radius 3 is 2.12 bits per heavy atom. The summed E-state index contributed by atoms with van der Waals surface area (Å²) in [7, 11) is -3.72. The Balaban J connectivity index is 0.000000437. The highest BCUT2D eigenvalue weighted by Crippen LogP contribution is 2.20. The minimum atomic E-state index is -6.00. The van der Waals surface area contributed by atoms with Crippen LogP contribution >= 0.6 is 0 Å². The first-order valence-corrected chi connectivity index (χ1v) is 6.42. The second-order valence-corrected chi connectivity index (χ2v) is 4.62. The zero-order chi connectivity index (χ0) is 13.3. The molecular weight excluding hydrogens is 233 g/mol. The van der Waals surface area contributed by atoms with Crippen molar-refractivity contribution in [1.29, 1.82) is 0 Å². The third-order valence-electron chi connectivity index (χ3n) is 3.06. The Hall–Kier alpha value is -0.255. The van der Waals surface area contributed by atoms with Crippen LogP contribution in [0, 0.1) is 0 Å². The molecule has 0 aromatic heterocycles. The third-order valence-corrected chi connectivity index (χ3v) is 3.06. The monoisotopic (exact) mass is 256 g/mol. The first-order valence-electron chi connectivity index (χ1n) is 6.42. The van der Waals surface area contributed by atoms with Crippen LogP contribution in [0.3, 0.4) is 0 Å². The molecule has 1 unspecified atom stereocenters. The molecular formula is C11H23BF4N-. The summed E-state index contributed by atoms with van der Waals surface area (Å²) in [4.78, 5) is 2.53. The Kier molecular flexibility index (Phi) is 8.65. The summed E-state index contributed by atoms with van der Waals surface area (Å²) in [5.41, 5.74) is 0. The molecule has 0 aliphatic carbocycles. The van der Waals surface area contributed by atoms with Gasteiger partial charge in [0.15, 0.2) is 0 Å². The highest BCUT2D eigenvalue weighted by atomic mass is 19.5. The second kappa shape index (κ2) is 8.78. The predicted molar refractivity (Wildman–Crippen MR) is 64.6 cm³/mol. The molecule has 0 bridgehead atoms. The zero-order valence-corrected chi connectivity index (χ0v) is 10.8. The second-order valence-electron chi connectivity index (χ2n) is 4.62. The highest BCUT2D eigenvalue weighted by molar-refractivity contribution is 6.50. The van der Waals surface area contributed by atoms with Gasteiger partial charge >= 0.3 is 7.25 Å². The van der Waals surface area contributed by atoms with Crippen LogP contribution < -0.4 is 0 Å². The molecule has 1 atom stereocenters. The van der Waals surface area contributed by atoms with Gasteiger partial charge in [0.25, 0.3) is 0 Å². The van der Waals surface area contributed by atoms with E-state index in [2.05, 4.69) is 18.9 Å². The lowest BCUT2D eigenvalue weighted by atomic mass is 10.1. The first kappa shape index (κ1) is 16.7. The van der Waals surface area contributed by atoms with Gasteiger partial charge in [0.1, 0.15) is 0 Å². The fraction of sp³-hybridized carbons (Fsp3) is 1.00. The predicted octanol–water partition coefficient (Wildman–Crippen LogP) is 4.35. The number of halogens is 4. The van der Waals surface area contributed by atoms with Crippen LogP contribution in [0.1, 0.15) is 51.9 Å². The molecule has 104 valence electrons. The van der Waals surface area contributed by atoms with Gasteiger partial charge in [0.2, 0.25) is 0 Å². The maximum atomic E-state index is 9.75. The van der Waals surface area contributed by atoms with E-state index in [0.29, 0.717) is 0 Å². The van der Waals surface area contributed by atoms with Crippen LogP contribution in [0.5, 0.6) is 0 Å². The largest absolute Gasteiger partial charge is 0.673 e. The van der Waals surface area contributed by atoms with E-state index in [-0.39, 0.29) is 0 Å². The van der Waals surface area contributed by atoms with Gasteiger partial charge in [-0.3, -0.25) is 0 Å². The smallest absolute Gasteiger partial charge is 0.418 e. The van der Waals surface area contributed by atoms with Crippen molar-refractivity contribution < 1.29 is 17.3 Å². The van der Waals surface area contributed by atoms with E-state index >= 15 is 0 Å². The number of hydrogen-bond acceptors (Lipinski definition) is 1. The van der Waals surface area contributed by atoms with Crippen LogP contribution in [0.25, 0.3) is 0 Å². The van der Waals surface area contributed by atoms with Gasteiger partial charge in [0.05, 0.1) is 0 Å². The van der Waals surface area contributed by atoms with Crippen LogP contribution in [0.2, 0.25) is 0 Å². The molecule has 1 rings (SSSR count). The molecule has 17 heavy (non-hydrogen) atoms. The quantitative estimate of drug-likeness (QED) is 0.401. The maximum Gasteiger partial charge on any atom is 0.673 e. The average Bonchev–Trinajstić information content (AvgIpc) is 2.57. The van der Waals surface area contributed by atoms with Crippen molar-refractivity contribution in [2.24, 2.45) is 0 Å². The molecule has 1 heterocycles. The molecule has 6 heteroatoms. The van der Waals surface area contributed by atoms with Crippen LogP contribution in [-0.2, 0) is 0 Å². The fourth-order valence-corrected chi connectivity index (χ4v) is 2.15. The summed E-state index contributed by atoms with van der Waals surface area (Å²) in [5.74, 6) is 0. The standard InChI is InChI=1S/C11H23N.BF4/c1-3-4-5-6-8-11-9-7-10-12(11)2;2-1(3,4)5/h11H,3-10H2,1-2H3;/q;-1. The van der Waals surface area contributed by atoms with E-state index in [1.807, 2.05) is 0 Å². The van der Waals surface area contributed by atoms with Gasteiger partial charge < -0.3 is 22.2 Å². The van der Waals surface area contributed by atoms with Crippen molar-refractivity contribution in [3.8, 4) is 0 Å². The number of hydrogen-bond donors (Lipinski definition) is 0. The summed E-state index contributed by atoms with van der Waals surface area (Å²) >= 11 is 0. The number of unbranched alkanes of at least 4 members (excludes halogenated alkanes) is 3. The molecule has 0 N–H and O–H groups in total. The van der Waals surface area contributed by atoms with Gasteiger partial charge in [-0.15, -0.1) is 0 Å². The molecule has 1 saturated heterocycles. The molecule has 1 fully saturated rings. The molecule has 0 saturated carbocycles. The van der Waals surface area contributed by atoms with Crippen molar-refractivity contribution in [3.63, 3.8) is 0 Å². The Bertz CT molecular complexity index is 181. The molecule has 0 aromatic rings. The molecule has 1 aliphatic rings. The summed E-state index contributed by atoms with van der Waals surface area (Å²) in [6.07, 6.45) is 9.99. The molecule has 1 aliphatic heterocycles. The molecule has 0 spiro atoms. The first-order chi connectivity index (χ1) is 7.84. The average molecular weight is 256 g/mol. The molecule has 0 radical (unpaired) electrons. The fourth-order valence-electron chi connectivity index (χ4n) is 2.15. The molecule has 1 nitrogen and oxygen atoms in total. The van der Waals surface area contributed by atoms with Crippen LogP contribution in [0.15, 0.2) is 0 Å². The van der Waals surface area contributed by atoms with E-state index in [9.17, 15) is 17.3 Å². The Morgan fingerprint density at radius 2 is 1.71 bits per heavy atom. The highest BCUT2D eigenvalue weighted by Gasteiger charge is 2.20. The van der Waals surface area contributed by atoms with Crippen LogP contribution in [0.4, 0.5) is 17.3 Å². The lowest BCUT2D eigenvalue weighted by Gasteiger charge is -2.18. The molecule has 0 aromatic carbocycles. The van der Waals surface area contributed by atoms with Crippen molar-refractivity contribution >= 4 is 7.25 Å². The van der Waals surface area contributed by atoms with Gasteiger partial charge in [-0.05, 0) is 32.9 Å². The van der Waals surface area contributed by atoms with Crippen LogP contribution in [-0.4, -0.2) is 31.8 Å². The Morgan fingerprint density at radius 1 is 1.12 bits per heavy atom. The van der Waals surface area contributed by atoms with Crippen molar-refractivity contribution in [2.75, 3.05) is 13.6 Å². The summed E-state index contributed by atoms with van der Waals surface area (Å²) in [6, 6.07) is 0.918. The Labute approximate surface area is 102 Å². The molecule has 0 amide bonds. The topological polar surface area (TPSA) is 3.24 Å². The SMILES string of the molecule is CCCCCCC1CCCN1C.F[B-](F)(F)F. The maximum absolute atomic E-state index is 9.75. The lowest BCUT2D eigenvalue weighted by Crippen LogP contribution is -2.24. The lowest BCUT2D eigenvalue weighted by molar-refractivity contribution is 0.289. The number of rotatable bonds is 5. The number of likely N-dealkylation sites (tertiary alicyclic amines) is 1. The van der Waals surface area contributed by atoms with E-state index in [1.165, 1.54) is 51.5 Å². The normalized spacial score (nSPS) is 21.2.